The molecule has 6 heteroatoms. The second-order valence-corrected chi connectivity index (χ2v) is 6.77. The predicted molar refractivity (Wildman–Crippen MR) is 106 cm³/mol. The lowest BCUT2D eigenvalue weighted by molar-refractivity contribution is 0.0341. The lowest BCUT2D eigenvalue weighted by Gasteiger charge is -2.27. The maximum Gasteiger partial charge on any atom is 0.343 e. The number of aryl methyl sites for hydroxylation is 2. The minimum atomic E-state index is -0.375. The molecule has 1 aliphatic rings. The third-order valence-corrected chi connectivity index (χ3v) is 4.67. The fraction of sp³-hybridized carbons (Fsp3) is 0.350. The number of nitrogens with zero attached hydrogens (tertiary/aromatic N) is 1. The quantitative estimate of drug-likeness (QED) is 0.566. The number of ether oxygens (including phenoxy) is 2. The predicted octanol–water partition coefficient (Wildman–Crippen LogP) is 4.43. The van der Waals surface area contributed by atoms with Gasteiger partial charge in [-0.1, -0.05) is 17.7 Å². The molecule has 1 heterocycles. The standard InChI is InChI=1S/C20H22ClNO3.ClH/c1-14-12-19(25-20(23)16-3-5-18(21)6-4-16)15(2)11-17(14)13-22-7-9-24-10-8-22;/h3-6,11-12H,7-10,13H2,1-2H3;1H. The Kier molecular flexibility index (Phi) is 7.47. The zero-order valence-corrected chi connectivity index (χ0v) is 16.5. The van der Waals surface area contributed by atoms with Crippen LogP contribution in [0, 0.1) is 13.8 Å². The van der Waals surface area contributed by atoms with Crippen LogP contribution in [0.3, 0.4) is 0 Å². The molecule has 1 saturated heterocycles. The molecule has 0 aliphatic carbocycles. The summed E-state index contributed by atoms with van der Waals surface area (Å²) < 4.78 is 11.0. The second-order valence-electron chi connectivity index (χ2n) is 6.33. The summed E-state index contributed by atoms with van der Waals surface area (Å²) in [5, 5.41) is 0.594. The molecule has 0 unspecified atom stereocenters. The molecule has 0 atom stereocenters. The molecule has 1 aliphatic heterocycles. The van der Waals surface area contributed by atoms with Crippen LogP contribution >= 0.6 is 24.0 Å². The van der Waals surface area contributed by atoms with Crippen molar-refractivity contribution in [1.82, 2.24) is 4.90 Å². The molecule has 2 aromatic carbocycles. The van der Waals surface area contributed by atoms with Gasteiger partial charge >= 0.3 is 5.97 Å². The van der Waals surface area contributed by atoms with Gasteiger partial charge in [0, 0.05) is 24.7 Å². The van der Waals surface area contributed by atoms with E-state index < -0.39 is 0 Å². The largest absolute Gasteiger partial charge is 0.423 e. The smallest absolute Gasteiger partial charge is 0.343 e. The molecule has 3 rings (SSSR count). The number of esters is 1. The second kappa shape index (κ2) is 9.38. The van der Waals surface area contributed by atoms with Gasteiger partial charge in [0.15, 0.2) is 0 Å². The molecule has 0 spiro atoms. The summed E-state index contributed by atoms with van der Waals surface area (Å²) >= 11 is 5.86. The van der Waals surface area contributed by atoms with E-state index in [1.165, 1.54) is 5.56 Å². The Labute approximate surface area is 165 Å². The van der Waals surface area contributed by atoms with Crippen LogP contribution in [0.1, 0.15) is 27.0 Å². The monoisotopic (exact) mass is 395 g/mol. The Morgan fingerprint density at radius 2 is 1.77 bits per heavy atom. The van der Waals surface area contributed by atoms with Crippen LogP contribution in [0.2, 0.25) is 5.02 Å². The molecule has 0 radical (unpaired) electrons. The number of halogens is 2. The van der Waals surface area contributed by atoms with Crippen LogP contribution in [0.4, 0.5) is 0 Å². The number of benzene rings is 2. The molecule has 4 nitrogen and oxygen atoms in total. The van der Waals surface area contributed by atoms with Crippen LogP contribution in [0.15, 0.2) is 36.4 Å². The van der Waals surface area contributed by atoms with Crippen LogP contribution < -0.4 is 4.74 Å². The average Bonchev–Trinajstić information content (AvgIpc) is 2.60. The molecule has 1 fully saturated rings. The van der Waals surface area contributed by atoms with Crippen LogP contribution in [0.25, 0.3) is 0 Å². The first-order valence-electron chi connectivity index (χ1n) is 8.41. The Balaban J connectivity index is 0.00000243. The van der Waals surface area contributed by atoms with Crippen molar-refractivity contribution in [2.45, 2.75) is 20.4 Å². The number of rotatable bonds is 4. The summed E-state index contributed by atoms with van der Waals surface area (Å²) in [6, 6.07) is 10.7. The van der Waals surface area contributed by atoms with Gasteiger partial charge in [0.1, 0.15) is 5.75 Å². The van der Waals surface area contributed by atoms with E-state index in [1.807, 2.05) is 13.0 Å². The zero-order valence-electron chi connectivity index (χ0n) is 15.0. The third-order valence-electron chi connectivity index (χ3n) is 4.41. The van der Waals surface area contributed by atoms with E-state index in [4.69, 9.17) is 21.1 Å². The summed E-state index contributed by atoms with van der Waals surface area (Å²) in [6.07, 6.45) is 0. The normalized spacial score (nSPS) is 14.6. The van der Waals surface area contributed by atoms with Crippen LogP contribution in [-0.4, -0.2) is 37.2 Å². The third kappa shape index (κ3) is 5.21. The molecule has 140 valence electrons. The lowest BCUT2D eigenvalue weighted by Crippen LogP contribution is -2.35. The SMILES string of the molecule is Cc1cc(OC(=O)c2ccc(Cl)cc2)c(C)cc1CN1CCOCC1.Cl. The van der Waals surface area contributed by atoms with Crippen molar-refractivity contribution in [3.8, 4) is 5.75 Å². The average molecular weight is 396 g/mol. The topological polar surface area (TPSA) is 38.8 Å². The van der Waals surface area contributed by atoms with Crippen molar-refractivity contribution in [1.29, 1.82) is 0 Å². The maximum atomic E-state index is 12.3. The summed E-state index contributed by atoms with van der Waals surface area (Å²) in [5.41, 5.74) is 3.82. The zero-order chi connectivity index (χ0) is 17.8. The van der Waals surface area contributed by atoms with Gasteiger partial charge < -0.3 is 9.47 Å². The Morgan fingerprint density at radius 3 is 2.42 bits per heavy atom. The number of morpholine rings is 1. The first-order valence-corrected chi connectivity index (χ1v) is 8.78. The van der Waals surface area contributed by atoms with Crippen LogP contribution in [-0.2, 0) is 11.3 Å². The summed E-state index contributed by atoms with van der Waals surface area (Å²) in [5.74, 6) is 0.225. The number of carbonyl (C=O) groups is 1. The Bertz CT molecular complexity index is 756. The first-order chi connectivity index (χ1) is 12.0. The Morgan fingerprint density at radius 1 is 1.12 bits per heavy atom. The first kappa shape index (κ1) is 20.7. The van der Waals surface area contributed by atoms with Crippen molar-refractivity contribution in [3.63, 3.8) is 0 Å². The van der Waals surface area contributed by atoms with Crippen molar-refractivity contribution in [3.05, 3.63) is 63.7 Å². The van der Waals surface area contributed by atoms with Crippen LogP contribution in [0.5, 0.6) is 5.75 Å². The van der Waals surface area contributed by atoms with Gasteiger partial charge in [0.25, 0.3) is 0 Å². The Hall–Kier alpha value is -1.59. The van der Waals surface area contributed by atoms with Gasteiger partial charge in [-0.25, -0.2) is 4.79 Å². The highest BCUT2D eigenvalue weighted by Gasteiger charge is 2.15. The molecule has 0 bridgehead atoms. The fourth-order valence-electron chi connectivity index (χ4n) is 2.87. The van der Waals surface area contributed by atoms with Gasteiger partial charge in [-0.2, -0.15) is 0 Å². The lowest BCUT2D eigenvalue weighted by atomic mass is 10.0. The van der Waals surface area contributed by atoms with E-state index in [-0.39, 0.29) is 18.4 Å². The molecule has 0 aromatic heterocycles. The molecule has 2 aromatic rings. The highest BCUT2D eigenvalue weighted by Crippen LogP contribution is 2.25. The highest BCUT2D eigenvalue weighted by atomic mass is 35.5. The van der Waals surface area contributed by atoms with Crippen molar-refractivity contribution >= 4 is 30.0 Å². The molecular weight excluding hydrogens is 373 g/mol. The van der Waals surface area contributed by atoms with E-state index in [0.29, 0.717) is 16.3 Å². The summed E-state index contributed by atoms with van der Waals surface area (Å²) in [6.45, 7) is 8.38. The number of hydrogen-bond acceptors (Lipinski definition) is 4. The molecule has 0 saturated carbocycles. The van der Waals surface area contributed by atoms with Gasteiger partial charge in [-0.15, -0.1) is 12.4 Å². The fourth-order valence-corrected chi connectivity index (χ4v) is 3.00. The molecule has 0 amide bonds. The van der Waals surface area contributed by atoms with Gasteiger partial charge in [0.2, 0.25) is 0 Å². The van der Waals surface area contributed by atoms with Crippen molar-refractivity contribution in [2.24, 2.45) is 0 Å². The van der Waals surface area contributed by atoms with E-state index in [2.05, 4.69) is 17.9 Å². The molecule has 0 N–H and O–H groups in total. The van der Waals surface area contributed by atoms with Gasteiger partial charge in [0.05, 0.1) is 18.8 Å². The van der Waals surface area contributed by atoms with E-state index in [9.17, 15) is 4.79 Å². The van der Waals surface area contributed by atoms with Crippen molar-refractivity contribution in [2.75, 3.05) is 26.3 Å². The highest BCUT2D eigenvalue weighted by molar-refractivity contribution is 6.30. The van der Waals surface area contributed by atoms with E-state index >= 15 is 0 Å². The minimum Gasteiger partial charge on any atom is -0.423 e. The van der Waals surface area contributed by atoms with Gasteiger partial charge in [-0.05, 0) is 60.9 Å². The van der Waals surface area contributed by atoms with E-state index in [0.717, 1.165) is 44.0 Å². The van der Waals surface area contributed by atoms with Gasteiger partial charge in [-0.3, -0.25) is 4.90 Å². The maximum absolute atomic E-state index is 12.3. The molecule has 26 heavy (non-hydrogen) atoms. The number of carbonyl (C=O) groups excluding carboxylic acids is 1. The summed E-state index contributed by atoms with van der Waals surface area (Å²) in [4.78, 5) is 14.7. The summed E-state index contributed by atoms with van der Waals surface area (Å²) in [7, 11) is 0. The van der Waals surface area contributed by atoms with Crippen molar-refractivity contribution < 1.29 is 14.3 Å². The van der Waals surface area contributed by atoms with E-state index in [1.54, 1.807) is 24.3 Å². The number of hydrogen-bond donors (Lipinski definition) is 0. The molecular formula is C20H23Cl2NO3. The minimum absolute atomic E-state index is 0.